The minimum Gasteiger partial charge on any atom is -0.338 e. The predicted molar refractivity (Wildman–Crippen MR) is 78.9 cm³/mol. The van der Waals surface area contributed by atoms with Crippen LogP contribution < -0.4 is 5.32 Å². The maximum absolute atomic E-state index is 12.5. The average molecular weight is 349 g/mol. The fourth-order valence-corrected chi connectivity index (χ4v) is 2.78. The Morgan fingerprint density at radius 2 is 2.08 bits per heavy atom. The van der Waals surface area contributed by atoms with Crippen molar-refractivity contribution >= 4 is 6.03 Å². The topological polar surface area (TPSA) is 74.5 Å². The maximum atomic E-state index is 12.5. The first-order valence-corrected chi connectivity index (χ1v) is 7.68. The highest BCUT2D eigenvalue weighted by Crippen LogP contribution is 2.28. The Balaban J connectivity index is 2.02. The third-order valence-electron chi connectivity index (χ3n) is 4.09. The van der Waals surface area contributed by atoms with Crippen molar-refractivity contribution in [3.63, 3.8) is 0 Å². The fourth-order valence-electron chi connectivity index (χ4n) is 2.78. The summed E-state index contributed by atoms with van der Waals surface area (Å²) in [7, 11) is 3.31. The highest BCUT2D eigenvalue weighted by atomic mass is 19.4. The molecule has 1 saturated heterocycles. The van der Waals surface area contributed by atoms with E-state index in [1.807, 2.05) is 4.90 Å². The van der Waals surface area contributed by atoms with E-state index < -0.39 is 12.0 Å². The van der Waals surface area contributed by atoms with Gasteiger partial charge in [0.05, 0.1) is 6.54 Å². The van der Waals surface area contributed by atoms with Crippen molar-refractivity contribution in [2.45, 2.75) is 32.6 Å². The molecule has 0 saturated carbocycles. The lowest BCUT2D eigenvalue weighted by Gasteiger charge is -2.24. The molecule has 136 valence electrons. The number of nitrogens with one attached hydrogen (secondary N) is 1. The number of carbonyl (C=O) groups excluding carboxylic acids is 1. The van der Waals surface area contributed by atoms with Crippen LogP contribution in [-0.4, -0.2) is 59.2 Å². The fraction of sp³-hybridized carbons (Fsp3) is 0.786. The number of carbonyl (C=O) groups is 1. The Hall–Kier alpha value is -1.84. The van der Waals surface area contributed by atoms with Gasteiger partial charge in [-0.1, -0.05) is 19.0 Å². The molecule has 0 aromatic carbocycles. The van der Waals surface area contributed by atoms with E-state index in [9.17, 15) is 18.0 Å². The van der Waals surface area contributed by atoms with Crippen LogP contribution in [0.5, 0.6) is 0 Å². The van der Waals surface area contributed by atoms with E-state index in [0.29, 0.717) is 19.0 Å². The summed E-state index contributed by atoms with van der Waals surface area (Å²) in [6.07, 6.45) is -4.62. The van der Waals surface area contributed by atoms with Gasteiger partial charge < -0.3 is 14.7 Å². The van der Waals surface area contributed by atoms with Crippen molar-refractivity contribution in [1.29, 1.82) is 0 Å². The normalized spacial score (nSPS) is 22.2. The van der Waals surface area contributed by atoms with Gasteiger partial charge in [-0.25, -0.2) is 4.79 Å². The molecule has 1 fully saturated rings. The van der Waals surface area contributed by atoms with E-state index in [4.69, 9.17) is 0 Å². The second-order valence-corrected chi connectivity index (χ2v) is 6.56. The van der Waals surface area contributed by atoms with Crippen molar-refractivity contribution in [2.24, 2.45) is 11.8 Å². The molecular weight excluding hydrogens is 327 g/mol. The van der Waals surface area contributed by atoms with Gasteiger partial charge in [0.25, 0.3) is 5.82 Å². The number of alkyl halides is 3. The van der Waals surface area contributed by atoms with E-state index in [-0.39, 0.29) is 30.4 Å². The number of rotatable bonds is 4. The molecule has 2 atom stereocenters. The summed E-state index contributed by atoms with van der Waals surface area (Å²) < 4.78 is 42.2. The summed E-state index contributed by atoms with van der Waals surface area (Å²) in [6.45, 7) is 5.39. The van der Waals surface area contributed by atoms with Gasteiger partial charge in [-0.2, -0.15) is 18.2 Å². The lowest BCUT2D eigenvalue weighted by atomic mass is 9.91. The Kier molecular flexibility index (Phi) is 5.36. The minimum absolute atomic E-state index is 0.0788. The van der Waals surface area contributed by atoms with Crippen LogP contribution in [-0.2, 0) is 12.7 Å². The Labute approximate surface area is 138 Å². The highest BCUT2D eigenvalue weighted by Gasteiger charge is 2.39. The van der Waals surface area contributed by atoms with Gasteiger partial charge in [-0.05, 0) is 11.8 Å². The van der Waals surface area contributed by atoms with E-state index >= 15 is 0 Å². The number of halogens is 3. The van der Waals surface area contributed by atoms with Gasteiger partial charge in [-0.3, -0.25) is 4.90 Å². The van der Waals surface area contributed by atoms with Gasteiger partial charge in [0, 0.05) is 33.2 Å². The molecule has 0 aliphatic carbocycles. The van der Waals surface area contributed by atoms with Crippen LogP contribution in [0.1, 0.15) is 25.6 Å². The number of urea groups is 1. The van der Waals surface area contributed by atoms with Crippen LogP contribution in [0.2, 0.25) is 0 Å². The van der Waals surface area contributed by atoms with Gasteiger partial charge >= 0.3 is 12.2 Å². The summed E-state index contributed by atoms with van der Waals surface area (Å²) >= 11 is 0. The van der Waals surface area contributed by atoms with Gasteiger partial charge in [0.15, 0.2) is 0 Å². The number of hydrogen-bond donors (Lipinski definition) is 1. The SMILES string of the molecule is CC(C)[C@@H]1CN(Cc2nc(C(F)(F)F)no2)C[C@H]1NC(=O)N(C)C. The van der Waals surface area contributed by atoms with Gasteiger partial charge in [0.1, 0.15) is 0 Å². The van der Waals surface area contributed by atoms with E-state index in [1.165, 1.54) is 4.90 Å². The van der Waals surface area contributed by atoms with Crippen LogP contribution >= 0.6 is 0 Å². The van der Waals surface area contributed by atoms with Crippen molar-refractivity contribution in [3.8, 4) is 0 Å². The average Bonchev–Trinajstić information content (AvgIpc) is 3.05. The molecule has 1 aromatic heterocycles. The molecule has 1 aromatic rings. The molecule has 2 amide bonds. The first kappa shape index (κ1) is 18.5. The zero-order chi connectivity index (χ0) is 18.1. The van der Waals surface area contributed by atoms with Crippen molar-refractivity contribution < 1.29 is 22.5 Å². The highest BCUT2D eigenvalue weighted by molar-refractivity contribution is 5.73. The zero-order valence-electron chi connectivity index (χ0n) is 14.1. The Morgan fingerprint density at radius 3 is 2.58 bits per heavy atom. The smallest absolute Gasteiger partial charge is 0.338 e. The summed E-state index contributed by atoms with van der Waals surface area (Å²) in [5, 5.41) is 5.91. The van der Waals surface area contributed by atoms with Gasteiger partial charge in [-0.15, -0.1) is 0 Å². The van der Waals surface area contributed by atoms with Crippen LogP contribution in [0.15, 0.2) is 4.52 Å². The number of nitrogens with zero attached hydrogens (tertiary/aromatic N) is 4. The molecule has 0 spiro atoms. The van der Waals surface area contributed by atoms with E-state index in [1.54, 1.807) is 14.1 Å². The first-order chi connectivity index (χ1) is 11.1. The molecule has 0 bridgehead atoms. The summed E-state index contributed by atoms with van der Waals surface area (Å²) in [5.41, 5.74) is 0. The third-order valence-corrected chi connectivity index (χ3v) is 4.09. The molecule has 1 aliphatic rings. The monoisotopic (exact) mass is 349 g/mol. The number of amides is 2. The molecule has 10 heteroatoms. The first-order valence-electron chi connectivity index (χ1n) is 7.68. The third kappa shape index (κ3) is 4.37. The number of hydrogen-bond acceptors (Lipinski definition) is 5. The van der Waals surface area contributed by atoms with Crippen LogP contribution in [0, 0.1) is 11.8 Å². The van der Waals surface area contributed by atoms with Crippen molar-refractivity contribution in [2.75, 3.05) is 27.2 Å². The Bertz CT molecular complexity index is 573. The largest absolute Gasteiger partial charge is 0.455 e. The summed E-state index contributed by atoms with van der Waals surface area (Å²) in [4.78, 5) is 18.6. The molecule has 0 unspecified atom stereocenters. The quantitative estimate of drug-likeness (QED) is 0.897. The van der Waals surface area contributed by atoms with Gasteiger partial charge in [0.2, 0.25) is 5.89 Å². The van der Waals surface area contributed by atoms with Crippen LogP contribution in [0.3, 0.4) is 0 Å². The number of likely N-dealkylation sites (tertiary alicyclic amines) is 1. The van der Waals surface area contributed by atoms with Crippen molar-refractivity contribution in [1.82, 2.24) is 25.3 Å². The molecule has 24 heavy (non-hydrogen) atoms. The molecule has 1 aliphatic heterocycles. The molecule has 2 rings (SSSR count). The van der Waals surface area contributed by atoms with E-state index in [2.05, 4.69) is 33.8 Å². The van der Waals surface area contributed by atoms with Crippen LogP contribution in [0.4, 0.5) is 18.0 Å². The lowest BCUT2D eigenvalue weighted by molar-refractivity contribution is -0.146. The molecule has 1 N–H and O–H groups in total. The summed E-state index contributed by atoms with van der Waals surface area (Å²) in [6, 6.07) is -0.269. The van der Waals surface area contributed by atoms with Crippen molar-refractivity contribution in [3.05, 3.63) is 11.7 Å². The Morgan fingerprint density at radius 1 is 1.42 bits per heavy atom. The maximum Gasteiger partial charge on any atom is 0.455 e. The second-order valence-electron chi connectivity index (χ2n) is 6.56. The second kappa shape index (κ2) is 6.96. The zero-order valence-corrected chi connectivity index (χ0v) is 14.1. The standard InChI is InChI=1S/C14H22F3N5O2/c1-8(2)9-5-22(6-10(9)18-13(23)21(3)4)7-11-19-12(20-24-11)14(15,16)17/h8-10H,5-7H2,1-4H3,(H,18,23)/t9-,10+/m0/s1. The lowest BCUT2D eigenvalue weighted by Crippen LogP contribution is -2.46. The predicted octanol–water partition coefficient (Wildman–Crippen LogP) is 1.82. The number of aromatic nitrogens is 2. The molecule has 2 heterocycles. The van der Waals surface area contributed by atoms with Crippen LogP contribution in [0.25, 0.3) is 0 Å². The summed E-state index contributed by atoms with van der Waals surface area (Å²) in [5.74, 6) is -0.839. The minimum atomic E-state index is -4.62. The molecular formula is C14H22F3N5O2. The van der Waals surface area contributed by atoms with E-state index in [0.717, 1.165) is 0 Å². The molecule has 7 nitrogen and oxygen atoms in total. The molecule has 0 radical (unpaired) electrons.